The Morgan fingerprint density at radius 2 is 2.00 bits per heavy atom. The molecule has 2 unspecified atom stereocenters. The maximum atomic E-state index is 13.4. The topological polar surface area (TPSA) is 42.0 Å². The molecule has 2 atom stereocenters. The number of methoxy groups -OCH3 is 1. The smallest absolute Gasteiger partial charge is 0.257 e. The molecule has 1 aliphatic heterocycles. The normalized spacial score (nSPS) is 18.1. The molecule has 1 amide bonds. The van der Waals surface area contributed by atoms with Crippen LogP contribution in [0.3, 0.4) is 0 Å². The van der Waals surface area contributed by atoms with Gasteiger partial charge in [-0.05, 0) is 37.1 Å². The third kappa shape index (κ3) is 5.54. The van der Waals surface area contributed by atoms with Crippen LogP contribution in [0.2, 0.25) is 5.02 Å². The van der Waals surface area contributed by atoms with Gasteiger partial charge in [-0.25, -0.2) is 0 Å². The first kappa shape index (κ1) is 22.6. The second-order valence-corrected chi connectivity index (χ2v) is 8.14. The molecule has 2 aromatic rings. The average Bonchev–Trinajstić information content (AvgIpc) is 2.78. The molecule has 0 bridgehead atoms. The molecule has 1 heterocycles. The molecule has 6 heteroatoms. The van der Waals surface area contributed by atoms with Crippen molar-refractivity contribution in [2.24, 2.45) is 0 Å². The lowest BCUT2D eigenvalue weighted by Gasteiger charge is -2.38. The molecule has 3 rings (SSSR count). The summed E-state index contributed by atoms with van der Waals surface area (Å²) in [4.78, 5) is 17.6. The summed E-state index contributed by atoms with van der Waals surface area (Å²) in [6.07, 6.45) is 0.825. The van der Waals surface area contributed by atoms with Crippen molar-refractivity contribution in [3.8, 4) is 5.75 Å². The molecule has 0 radical (unpaired) electrons. The van der Waals surface area contributed by atoms with Gasteiger partial charge in [-0.3, -0.25) is 9.69 Å². The van der Waals surface area contributed by atoms with E-state index in [2.05, 4.69) is 24.8 Å². The van der Waals surface area contributed by atoms with Crippen molar-refractivity contribution in [1.82, 2.24) is 9.80 Å². The van der Waals surface area contributed by atoms with Crippen molar-refractivity contribution < 1.29 is 14.3 Å². The number of hydrogen-bond donors (Lipinski definition) is 0. The first-order chi connectivity index (χ1) is 14.5. The first-order valence-electron chi connectivity index (χ1n) is 10.5. The zero-order valence-corrected chi connectivity index (χ0v) is 18.8. The summed E-state index contributed by atoms with van der Waals surface area (Å²) in [5.74, 6) is 0.578. The molecule has 0 spiro atoms. The van der Waals surface area contributed by atoms with Crippen molar-refractivity contribution in [2.45, 2.75) is 39.0 Å². The number of ether oxygens (including phenoxy) is 2. The Kier molecular flexibility index (Phi) is 8.14. The number of benzene rings is 2. The van der Waals surface area contributed by atoms with E-state index in [1.807, 2.05) is 47.4 Å². The predicted octanol–water partition coefficient (Wildman–Crippen LogP) is 4.49. The van der Waals surface area contributed by atoms with Crippen LogP contribution < -0.4 is 4.74 Å². The highest BCUT2D eigenvalue weighted by Crippen LogP contribution is 2.23. The fourth-order valence-electron chi connectivity index (χ4n) is 3.78. The summed E-state index contributed by atoms with van der Waals surface area (Å²) in [6, 6.07) is 15.4. The fraction of sp³-hybridized carbons (Fsp3) is 0.458. The van der Waals surface area contributed by atoms with Crippen LogP contribution in [0.25, 0.3) is 0 Å². The standard InChI is InChI=1S/C24H31ClN2O3/c1-4-18(2)27(24(28)21-10-6-8-12-23(21)29-3)17-20-16-26(13-14-30-20)15-19-9-5-7-11-22(19)25/h5-12,18,20H,4,13-17H2,1-3H3. The fourth-order valence-corrected chi connectivity index (χ4v) is 3.98. The maximum absolute atomic E-state index is 13.4. The van der Waals surface area contributed by atoms with Gasteiger partial charge in [0.1, 0.15) is 5.75 Å². The Morgan fingerprint density at radius 1 is 1.27 bits per heavy atom. The number of hydrogen-bond acceptors (Lipinski definition) is 4. The number of nitrogens with zero attached hydrogens (tertiary/aromatic N) is 2. The van der Waals surface area contributed by atoms with E-state index in [9.17, 15) is 4.79 Å². The second kappa shape index (κ2) is 10.8. The quantitative estimate of drug-likeness (QED) is 0.618. The number of carbonyl (C=O) groups is 1. The van der Waals surface area contributed by atoms with E-state index in [-0.39, 0.29) is 18.1 Å². The monoisotopic (exact) mass is 430 g/mol. The summed E-state index contributed by atoms with van der Waals surface area (Å²) >= 11 is 6.34. The van der Waals surface area contributed by atoms with Crippen LogP contribution in [0.4, 0.5) is 0 Å². The van der Waals surface area contributed by atoms with E-state index < -0.39 is 0 Å². The predicted molar refractivity (Wildman–Crippen MR) is 120 cm³/mol. The van der Waals surface area contributed by atoms with E-state index in [4.69, 9.17) is 21.1 Å². The molecular formula is C24H31ClN2O3. The van der Waals surface area contributed by atoms with Crippen molar-refractivity contribution in [3.05, 3.63) is 64.7 Å². The summed E-state index contributed by atoms with van der Waals surface area (Å²) < 4.78 is 11.5. The maximum Gasteiger partial charge on any atom is 0.257 e. The Morgan fingerprint density at radius 3 is 2.73 bits per heavy atom. The summed E-state index contributed by atoms with van der Waals surface area (Å²) in [6.45, 7) is 7.76. The second-order valence-electron chi connectivity index (χ2n) is 7.73. The third-order valence-corrected chi connectivity index (χ3v) is 6.06. The average molecular weight is 431 g/mol. The van der Waals surface area contributed by atoms with E-state index in [0.717, 1.165) is 36.6 Å². The van der Waals surface area contributed by atoms with Crippen LogP contribution in [0.1, 0.15) is 36.2 Å². The number of amides is 1. The molecule has 5 nitrogen and oxygen atoms in total. The van der Waals surface area contributed by atoms with Gasteiger partial charge in [-0.1, -0.05) is 48.9 Å². The molecule has 2 aromatic carbocycles. The summed E-state index contributed by atoms with van der Waals surface area (Å²) in [5.41, 5.74) is 1.70. The van der Waals surface area contributed by atoms with Crippen molar-refractivity contribution >= 4 is 17.5 Å². The number of para-hydroxylation sites is 1. The van der Waals surface area contributed by atoms with E-state index >= 15 is 0 Å². The highest BCUT2D eigenvalue weighted by atomic mass is 35.5. The molecular weight excluding hydrogens is 400 g/mol. The van der Waals surface area contributed by atoms with Gasteiger partial charge < -0.3 is 14.4 Å². The first-order valence-corrected chi connectivity index (χ1v) is 10.9. The van der Waals surface area contributed by atoms with Crippen LogP contribution in [-0.2, 0) is 11.3 Å². The third-order valence-electron chi connectivity index (χ3n) is 5.70. The lowest BCUT2D eigenvalue weighted by atomic mass is 10.1. The van der Waals surface area contributed by atoms with E-state index in [0.29, 0.717) is 24.5 Å². The Hall–Kier alpha value is -2.08. The van der Waals surface area contributed by atoms with Gasteiger partial charge in [-0.15, -0.1) is 0 Å². The minimum atomic E-state index is -0.0473. The minimum Gasteiger partial charge on any atom is -0.496 e. The minimum absolute atomic E-state index is 0.0198. The van der Waals surface area contributed by atoms with Crippen molar-refractivity contribution in [1.29, 1.82) is 0 Å². The number of rotatable bonds is 8. The van der Waals surface area contributed by atoms with Gasteiger partial charge in [0.15, 0.2) is 0 Å². The van der Waals surface area contributed by atoms with Gasteiger partial charge >= 0.3 is 0 Å². The molecule has 0 aromatic heterocycles. The molecule has 0 N–H and O–H groups in total. The van der Waals surface area contributed by atoms with Gasteiger partial charge in [0.2, 0.25) is 0 Å². The molecule has 0 aliphatic carbocycles. The van der Waals surface area contributed by atoms with Crippen molar-refractivity contribution in [3.63, 3.8) is 0 Å². The van der Waals surface area contributed by atoms with Crippen LogP contribution in [0, 0.1) is 0 Å². The SMILES string of the molecule is CCC(C)N(CC1CN(Cc2ccccc2Cl)CCO1)C(=O)c1ccccc1OC. The van der Waals surface area contributed by atoms with Gasteiger partial charge in [-0.2, -0.15) is 0 Å². The summed E-state index contributed by atoms with van der Waals surface area (Å²) in [5, 5.41) is 0.785. The van der Waals surface area contributed by atoms with Crippen LogP contribution in [-0.4, -0.2) is 61.2 Å². The van der Waals surface area contributed by atoms with Gasteiger partial charge in [0.05, 0.1) is 25.4 Å². The van der Waals surface area contributed by atoms with E-state index in [1.165, 1.54) is 0 Å². The zero-order valence-electron chi connectivity index (χ0n) is 18.0. The van der Waals surface area contributed by atoms with E-state index in [1.54, 1.807) is 7.11 Å². The van der Waals surface area contributed by atoms with Crippen LogP contribution in [0.5, 0.6) is 5.75 Å². The number of halogens is 1. The Balaban J connectivity index is 1.71. The molecule has 1 fully saturated rings. The number of carbonyl (C=O) groups excluding carboxylic acids is 1. The Bertz CT molecular complexity index is 845. The van der Waals surface area contributed by atoms with Gasteiger partial charge in [0, 0.05) is 37.2 Å². The largest absolute Gasteiger partial charge is 0.496 e. The molecule has 162 valence electrons. The van der Waals surface area contributed by atoms with Crippen LogP contribution >= 0.6 is 11.6 Å². The lowest BCUT2D eigenvalue weighted by molar-refractivity contribution is -0.0465. The molecule has 0 saturated carbocycles. The molecule has 1 saturated heterocycles. The van der Waals surface area contributed by atoms with Gasteiger partial charge in [0.25, 0.3) is 5.91 Å². The Labute approximate surface area is 184 Å². The summed E-state index contributed by atoms with van der Waals surface area (Å²) in [7, 11) is 1.59. The van der Waals surface area contributed by atoms with Crippen LogP contribution in [0.15, 0.2) is 48.5 Å². The lowest BCUT2D eigenvalue weighted by Crippen LogP contribution is -2.50. The zero-order chi connectivity index (χ0) is 21.5. The molecule has 1 aliphatic rings. The highest BCUT2D eigenvalue weighted by Gasteiger charge is 2.29. The number of morpholine rings is 1. The highest BCUT2D eigenvalue weighted by molar-refractivity contribution is 6.31. The molecule has 30 heavy (non-hydrogen) atoms. The van der Waals surface area contributed by atoms with Crippen molar-refractivity contribution in [2.75, 3.05) is 33.4 Å².